The molecule has 31 heavy (non-hydrogen) atoms. The summed E-state index contributed by atoms with van der Waals surface area (Å²) in [7, 11) is -0.735. The highest BCUT2D eigenvalue weighted by molar-refractivity contribution is 7.89. The van der Waals surface area contributed by atoms with Gasteiger partial charge in [-0.15, -0.1) is 0 Å². The Morgan fingerprint density at radius 2 is 1.87 bits per heavy atom. The zero-order chi connectivity index (χ0) is 22.8. The van der Waals surface area contributed by atoms with Crippen molar-refractivity contribution in [1.82, 2.24) is 14.5 Å². The molecule has 1 fully saturated rings. The fourth-order valence-corrected chi connectivity index (χ4v) is 4.58. The minimum Gasteiger partial charge on any atom is -0.354 e. The third kappa shape index (κ3) is 5.04. The lowest BCUT2D eigenvalue weighted by Crippen LogP contribution is -2.49. The monoisotopic (exact) mass is 464 g/mol. The van der Waals surface area contributed by atoms with Crippen LogP contribution in [-0.4, -0.2) is 69.1 Å². The smallest absolute Gasteiger partial charge is 0.255 e. The molecular formula is C20H21ClN4O5S. The van der Waals surface area contributed by atoms with Gasteiger partial charge >= 0.3 is 0 Å². The molecule has 0 atom stereocenters. The van der Waals surface area contributed by atoms with Crippen molar-refractivity contribution < 1.29 is 22.8 Å². The Morgan fingerprint density at radius 1 is 1.13 bits per heavy atom. The van der Waals surface area contributed by atoms with Gasteiger partial charge in [0.25, 0.3) is 11.8 Å². The summed E-state index contributed by atoms with van der Waals surface area (Å²) in [6.07, 6.45) is 0. The highest BCUT2D eigenvalue weighted by Gasteiger charge is 2.29. The summed E-state index contributed by atoms with van der Waals surface area (Å²) in [5, 5.41) is 5.41. The fourth-order valence-electron chi connectivity index (χ4n) is 2.97. The first-order valence-corrected chi connectivity index (χ1v) is 11.1. The van der Waals surface area contributed by atoms with Crippen molar-refractivity contribution in [1.29, 1.82) is 0 Å². The average Bonchev–Trinajstić information content (AvgIpc) is 2.74. The van der Waals surface area contributed by atoms with Crippen LogP contribution in [0.4, 0.5) is 5.69 Å². The topological polar surface area (TPSA) is 116 Å². The van der Waals surface area contributed by atoms with E-state index < -0.39 is 15.9 Å². The summed E-state index contributed by atoms with van der Waals surface area (Å²) >= 11 is 6.15. The van der Waals surface area contributed by atoms with E-state index in [1.54, 1.807) is 20.2 Å². The van der Waals surface area contributed by atoms with Gasteiger partial charge in [-0.1, -0.05) is 17.7 Å². The van der Waals surface area contributed by atoms with Crippen LogP contribution in [0.1, 0.15) is 20.7 Å². The van der Waals surface area contributed by atoms with Gasteiger partial charge in [0, 0.05) is 38.3 Å². The number of anilines is 1. The Labute approximate surface area is 185 Å². The Hall–Kier alpha value is -2.95. The van der Waals surface area contributed by atoms with Gasteiger partial charge in [-0.3, -0.25) is 14.4 Å². The van der Waals surface area contributed by atoms with Gasteiger partial charge in [0.05, 0.1) is 22.2 Å². The van der Waals surface area contributed by atoms with E-state index in [0.29, 0.717) is 5.56 Å². The molecule has 0 saturated carbocycles. The third-order valence-corrected chi connectivity index (χ3v) is 6.78. The molecule has 3 amide bonds. The van der Waals surface area contributed by atoms with E-state index in [9.17, 15) is 22.8 Å². The summed E-state index contributed by atoms with van der Waals surface area (Å²) in [4.78, 5) is 37.8. The van der Waals surface area contributed by atoms with Crippen LogP contribution in [0, 0.1) is 0 Å². The van der Waals surface area contributed by atoms with Gasteiger partial charge in [0.2, 0.25) is 15.9 Å². The number of hydrogen-bond acceptors (Lipinski definition) is 5. The number of hydrogen-bond donors (Lipinski definition) is 2. The largest absolute Gasteiger partial charge is 0.354 e. The first kappa shape index (κ1) is 22.7. The number of rotatable bonds is 5. The van der Waals surface area contributed by atoms with Crippen LogP contribution >= 0.6 is 11.6 Å². The van der Waals surface area contributed by atoms with Crippen molar-refractivity contribution in [3.8, 4) is 0 Å². The SMILES string of the molecule is CN(C)C(=O)c1ccc(Cl)c(NC(=O)c2cccc(S(=O)(=O)N3CCNC(=O)C3)c2)c1. The number of nitrogens with one attached hydrogen (secondary N) is 2. The second kappa shape index (κ2) is 9.04. The Bertz CT molecular complexity index is 1150. The minimum atomic E-state index is -3.94. The molecule has 0 unspecified atom stereocenters. The van der Waals surface area contributed by atoms with Crippen LogP contribution in [0.25, 0.3) is 0 Å². The molecule has 1 heterocycles. The van der Waals surface area contributed by atoms with E-state index in [0.717, 1.165) is 4.31 Å². The second-order valence-electron chi connectivity index (χ2n) is 7.06. The van der Waals surface area contributed by atoms with Crippen molar-refractivity contribution in [2.75, 3.05) is 39.0 Å². The van der Waals surface area contributed by atoms with Crippen molar-refractivity contribution >= 4 is 45.0 Å². The van der Waals surface area contributed by atoms with Crippen LogP contribution in [0.2, 0.25) is 5.02 Å². The van der Waals surface area contributed by atoms with Crippen molar-refractivity contribution in [3.05, 3.63) is 58.6 Å². The van der Waals surface area contributed by atoms with Gasteiger partial charge in [0.1, 0.15) is 0 Å². The molecule has 0 radical (unpaired) electrons. The van der Waals surface area contributed by atoms with E-state index in [1.807, 2.05) is 0 Å². The lowest BCUT2D eigenvalue weighted by atomic mass is 10.1. The molecule has 3 rings (SSSR count). The first-order chi connectivity index (χ1) is 14.6. The lowest BCUT2D eigenvalue weighted by molar-refractivity contribution is -0.122. The predicted molar refractivity (Wildman–Crippen MR) is 116 cm³/mol. The maximum absolute atomic E-state index is 12.9. The Balaban J connectivity index is 1.85. The number of benzene rings is 2. The number of amides is 3. The molecule has 9 nitrogen and oxygen atoms in total. The van der Waals surface area contributed by atoms with Crippen LogP contribution in [0.5, 0.6) is 0 Å². The molecule has 0 aromatic heterocycles. The first-order valence-electron chi connectivity index (χ1n) is 9.29. The summed E-state index contributed by atoms with van der Waals surface area (Å²) in [5.41, 5.74) is 0.646. The molecule has 164 valence electrons. The maximum atomic E-state index is 12.9. The summed E-state index contributed by atoms with van der Waals surface area (Å²) in [6, 6.07) is 10.00. The molecule has 0 aliphatic carbocycles. The molecule has 1 aliphatic rings. The second-order valence-corrected chi connectivity index (χ2v) is 9.41. The van der Waals surface area contributed by atoms with E-state index in [-0.39, 0.29) is 52.6 Å². The van der Waals surface area contributed by atoms with Crippen LogP contribution < -0.4 is 10.6 Å². The normalized spacial score (nSPS) is 14.6. The van der Waals surface area contributed by atoms with E-state index >= 15 is 0 Å². The molecule has 2 aromatic rings. The van der Waals surface area contributed by atoms with Crippen molar-refractivity contribution in [2.24, 2.45) is 0 Å². The average molecular weight is 465 g/mol. The Morgan fingerprint density at radius 3 is 2.55 bits per heavy atom. The quantitative estimate of drug-likeness (QED) is 0.694. The fraction of sp³-hybridized carbons (Fsp3) is 0.250. The number of carbonyl (C=O) groups is 3. The van der Waals surface area contributed by atoms with Gasteiger partial charge in [-0.2, -0.15) is 4.31 Å². The predicted octanol–water partition coefficient (Wildman–Crippen LogP) is 1.41. The van der Waals surface area contributed by atoms with E-state index in [1.165, 1.54) is 41.3 Å². The standard InChI is InChI=1S/C20H21ClN4O5S/c1-24(2)20(28)14-6-7-16(21)17(11-14)23-19(27)13-4-3-5-15(10-13)31(29,30)25-9-8-22-18(26)12-25/h3-7,10-11H,8-9,12H2,1-2H3,(H,22,26)(H,23,27). The van der Waals surface area contributed by atoms with E-state index in [2.05, 4.69) is 10.6 Å². The minimum absolute atomic E-state index is 0.0861. The number of nitrogens with zero attached hydrogens (tertiary/aromatic N) is 2. The molecular weight excluding hydrogens is 444 g/mol. The highest BCUT2D eigenvalue weighted by atomic mass is 35.5. The number of sulfonamides is 1. The molecule has 1 saturated heterocycles. The molecule has 0 bridgehead atoms. The Kier molecular flexibility index (Phi) is 6.63. The zero-order valence-electron chi connectivity index (χ0n) is 16.9. The number of halogens is 1. The van der Waals surface area contributed by atoms with Crippen molar-refractivity contribution in [2.45, 2.75) is 4.90 Å². The van der Waals surface area contributed by atoms with Gasteiger partial charge in [-0.05, 0) is 36.4 Å². The molecule has 0 spiro atoms. The maximum Gasteiger partial charge on any atom is 0.255 e. The number of carbonyl (C=O) groups excluding carboxylic acids is 3. The molecule has 2 aromatic carbocycles. The number of piperazine rings is 1. The van der Waals surface area contributed by atoms with Gasteiger partial charge < -0.3 is 15.5 Å². The van der Waals surface area contributed by atoms with Gasteiger partial charge in [-0.25, -0.2) is 8.42 Å². The summed E-state index contributed by atoms with van der Waals surface area (Å²) < 4.78 is 26.8. The molecule has 11 heteroatoms. The lowest BCUT2D eigenvalue weighted by Gasteiger charge is -2.26. The molecule has 1 aliphatic heterocycles. The van der Waals surface area contributed by atoms with Crippen LogP contribution in [0.15, 0.2) is 47.4 Å². The van der Waals surface area contributed by atoms with Gasteiger partial charge in [0.15, 0.2) is 0 Å². The summed E-state index contributed by atoms with van der Waals surface area (Å²) in [6.45, 7) is 0.0899. The summed E-state index contributed by atoms with van der Waals surface area (Å²) in [5.74, 6) is -1.24. The highest BCUT2D eigenvalue weighted by Crippen LogP contribution is 2.25. The molecule has 2 N–H and O–H groups in total. The van der Waals surface area contributed by atoms with Crippen LogP contribution in [-0.2, 0) is 14.8 Å². The van der Waals surface area contributed by atoms with Crippen LogP contribution in [0.3, 0.4) is 0 Å². The van der Waals surface area contributed by atoms with E-state index in [4.69, 9.17) is 11.6 Å². The van der Waals surface area contributed by atoms with Crippen molar-refractivity contribution in [3.63, 3.8) is 0 Å². The third-order valence-electron chi connectivity index (χ3n) is 4.61. The zero-order valence-corrected chi connectivity index (χ0v) is 18.5.